The van der Waals surface area contributed by atoms with Gasteiger partial charge in [0.15, 0.2) is 5.60 Å². The van der Waals surface area contributed by atoms with Gasteiger partial charge in [0.1, 0.15) is 0 Å². The average Bonchev–Trinajstić information content (AvgIpc) is 2.69. The molecule has 1 N–H and O–H groups in total. The van der Waals surface area contributed by atoms with Gasteiger partial charge in [-0.2, -0.15) is 0 Å². The molecule has 0 spiro atoms. The summed E-state index contributed by atoms with van der Waals surface area (Å²) in [7, 11) is 0. The molecule has 1 heterocycles. The molecule has 1 aromatic carbocycles. The molecule has 4 nitrogen and oxygen atoms in total. The Morgan fingerprint density at radius 2 is 2.00 bits per heavy atom. The molecule has 1 saturated carbocycles. The van der Waals surface area contributed by atoms with Gasteiger partial charge in [-0.05, 0) is 38.0 Å². The number of carbonyl (C=O) groups is 2. The van der Waals surface area contributed by atoms with Gasteiger partial charge in [0.05, 0.1) is 5.41 Å². The van der Waals surface area contributed by atoms with Gasteiger partial charge < -0.3 is 10.1 Å². The highest BCUT2D eigenvalue weighted by Crippen LogP contribution is 2.65. The molecule has 0 unspecified atom stereocenters. The third kappa shape index (κ3) is 1.68. The number of fused-ring (bicyclic) bond motifs is 2. The number of hydrogen-bond acceptors (Lipinski definition) is 3. The molecule has 1 aromatic rings. The van der Waals surface area contributed by atoms with Crippen LogP contribution in [-0.2, 0) is 14.3 Å². The Hall–Kier alpha value is -1.55. The summed E-state index contributed by atoms with van der Waals surface area (Å²) in [5.74, 6) is -0.552. The third-order valence-electron chi connectivity index (χ3n) is 5.53. The number of amides is 1. The Labute approximate surface area is 128 Å². The van der Waals surface area contributed by atoms with Crippen molar-refractivity contribution in [2.24, 2.45) is 10.8 Å². The summed E-state index contributed by atoms with van der Waals surface area (Å²) in [6.07, 6.45) is 1.22. The van der Waals surface area contributed by atoms with Gasteiger partial charge >= 0.3 is 5.97 Å². The molecule has 3 rings (SSSR count). The Kier molecular flexibility index (Phi) is 2.90. The van der Waals surface area contributed by atoms with Crippen molar-refractivity contribution < 1.29 is 14.3 Å². The highest BCUT2D eigenvalue weighted by Gasteiger charge is 2.75. The number of rotatable bonds is 2. The van der Waals surface area contributed by atoms with Crippen molar-refractivity contribution in [3.8, 4) is 0 Å². The molecular weight excluding hydrogens is 290 g/mol. The van der Waals surface area contributed by atoms with Crippen LogP contribution >= 0.6 is 11.6 Å². The van der Waals surface area contributed by atoms with Crippen LogP contribution in [0.25, 0.3) is 0 Å². The zero-order valence-corrected chi connectivity index (χ0v) is 13.1. The van der Waals surface area contributed by atoms with Crippen LogP contribution in [0.1, 0.15) is 33.6 Å². The molecule has 0 aromatic heterocycles. The molecule has 5 heteroatoms. The van der Waals surface area contributed by atoms with Crippen LogP contribution in [0, 0.1) is 10.8 Å². The molecular formula is C16H18ClNO3. The lowest BCUT2D eigenvalue weighted by Crippen LogP contribution is -2.50. The molecule has 0 radical (unpaired) electrons. The number of ether oxygens (including phenoxy) is 1. The topological polar surface area (TPSA) is 55.4 Å². The van der Waals surface area contributed by atoms with E-state index in [0.29, 0.717) is 23.6 Å². The lowest BCUT2D eigenvalue weighted by atomic mass is 9.66. The Balaban J connectivity index is 1.93. The number of halogens is 1. The normalized spacial score (nSPS) is 32.9. The van der Waals surface area contributed by atoms with Crippen molar-refractivity contribution in [1.82, 2.24) is 0 Å². The van der Waals surface area contributed by atoms with Crippen molar-refractivity contribution in [1.29, 1.82) is 0 Å². The highest BCUT2D eigenvalue weighted by molar-refractivity contribution is 6.30. The lowest BCUT2D eigenvalue weighted by molar-refractivity contribution is -0.165. The molecule has 2 bridgehead atoms. The van der Waals surface area contributed by atoms with Gasteiger partial charge in [-0.3, -0.25) is 9.59 Å². The van der Waals surface area contributed by atoms with Gasteiger partial charge in [-0.25, -0.2) is 0 Å². The number of anilines is 1. The summed E-state index contributed by atoms with van der Waals surface area (Å²) < 4.78 is 5.55. The summed E-state index contributed by atoms with van der Waals surface area (Å²) in [4.78, 5) is 24.9. The van der Waals surface area contributed by atoms with E-state index >= 15 is 0 Å². The zero-order valence-electron chi connectivity index (χ0n) is 12.3. The van der Waals surface area contributed by atoms with E-state index in [9.17, 15) is 9.59 Å². The van der Waals surface area contributed by atoms with Gasteiger partial charge in [0.2, 0.25) is 0 Å². The Morgan fingerprint density at radius 3 is 2.52 bits per heavy atom. The largest absolute Gasteiger partial charge is 0.448 e. The molecule has 2 atom stereocenters. The third-order valence-corrected chi connectivity index (χ3v) is 5.77. The van der Waals surface area contributed by atoms with E-state index in [1.54, 1.807) is 24.3 Å². The van der Waals surface area contributed by atoms with Crippen molar-refractivity contribution in [2.45, 2.75) is 39.2 Å². The molecule has 1 amide bonds. The highest BCUT2D eigenvalue weighted by atomic mass is 35.5. The van der Waals surface area contributed by atoms with E-state index in [2.05, 4.69) is 5.32 Å². The van der Waals surface area contributed by atoms with Crippen LogP contribution in [0.15, 0.2) is 24.3 Å². The maximum Gasteiger partial charge on any atom is 0.313 e. The summed E-state index contributed by atoms with van der Waals surface area (Å²) in [5, 5.41) is 3.38. The van der Waals surface area contributed by atoms with Crippen LogP contribution in [0.5, 0.6) is 0 Å². The average molecular weight is 308 g/mol. The maximum atomic E-state index is 12.8. The van der Waals surface area contributed by atoms with E-state index in [0.717, 1.165) is 0 Å². The predicted molar refractivity (Wildman–Crippen MR) is 80.0 cm³/mol. The quantitative estimate of drug-likeness (QED) is 0.852. The second-order valence-corrected chi connectivity index (χ2v) is 7.07. The van der Waals surface area contributed by atoms with Crippen LogP contribution in [0.3, 0.4) is 0 Å². The predicted octanol–water partition coefficient (Wildman–Crippen LogP) is 3.40. The first-order chi connectivity index (χ1) is 9.73. The smallest absolute Gasteiger partial charge is 0.313 e. The van der Waals surface area contributed by atoms with E-state index in [-0.39, 0.29) is 11.9 Å². The minimum atomic E-state index is -1.10. The molecule has 112 valence electrons. The SMILES string of the molecule is CC1(C)[C@@]2(C(=O)Nc3cccc(Cl)c3)CC[C@]1(C)C(=O)O2. The standard InChI is InChI=1S/C16H18ClNO3/c1-14(2)15(3)7-8-16(14,21-13(15)20)12(19)18-11-6-4-5-10(17)9-11/h4-6,9H,7-8H2,1-3H3,(H,18,19)/t15-,16+/m1/s1. The fourth-order valence-electron chi connectivity index (χ4n) is 3.55. The molecule has 2 fully saturated rings. The molecule has 1 saturated heterocycles. The van der Waals surface area contributed by atoms with E-state index < -0.39 is 16.4 Å². The van der Waals surface area contributed by atoms with Gasteiger partial charge in [0.25, 0.3) is 5.91 Å². The first-order valence-corrected chi connectivity index (χ1v) is 7.41. The molecule has 21 heavy (non-hydrogen) atoms. The van der Waals surface area contributed by atoms with Crippen LogP contribution in [0.2, 0.25) is 5.02 Å². The van der Waals surface area contributed by atoms with Crippen LogP contribution in [-0.4, -0.2) is 17.5 Å². The number of hydrogen-bond donors (Lipinski definition) is 1. The van der Waals surface area contributed by atoms with Crippen molar-refractivity contribution >= 4 is 29.2 Å². The van der Waals surface area contributed by atoms with Crippen molar-refractivity contribution in [3.63, 3.8) is 0 Å². The minimum absolute atomic E-state index is 0.274. The summed E-state index contributed by atoms with van der Waals surface area (Å²) in [5.41, 5.74) is -1.63. The zero-order chi connectivity index (χ0) is 15.5. The van der Waals surface area contributed by atoms with Gasteiger partial charge in [0, 0.05) is 16.1 Å². The monoisotopic (exact) mass is 307 g/mol. The molecule has 1 aliphatic carbocycles. The lowest BCUT2D eigenvalue weighted by Gasteiger charge is -2.35. The molecule has 2 aliphatic rings. The summed E-state index contributed by atoms with van der Waals surface area (Å²) in [6, 6.07) is 6.94. The fourth-order valence-corrected chi connectivity index (χ4v) is 3.74. The van der Waals surface area contributed by atoms with Gasteiger partial charge in [-0.15, -0.1) is 0 Å². The number of benzene rings is 1. The fraction of sp³-hybridized carbons (Fsp3) is 0.500. The Bertz CT molecular complexity index is 642. The summed E-state index contributed by atoms with van der Waals surface area (Å²) >= 11 is 5.93. The van der Waals surface area contributed by atoms with Gasteiger partial charge in [-0.1, -0.05) is 31.5 Å². The van der Waals surface area contributed by atoms with E-state index in [1.807, 2.05) is 20.8 Å². The number of carbonyl (C=O) groups excluding carboxylic acids is 2. The van der Waals surface area contributed by atoms with Crippen molar-refractivity contribution in [3.05, 3.63) is 29.3 Å². The first-order valence-electron chi connectivity index (χ1n) is 7.03. The van der Waals surface area contributed by atoms with Crippen molar-refractivity contribution in [2.75, 3.05) is 5.32 Å². The van der Waals surface area contributed by atoms with Crippen LogP contribution in [0.4, 0.5) is 5.69 Å². The number of esters is 1. The van der Waals surface area contributed by atoms with Crippen LogP contribution < -0.4 is 5.32 Å². The second kappa shape index (κ2) is 4.23. The van der Waals surface area contributed by atoms with E-state index in [4.69, 9.17) is 16.3 Å². The minimum Gasteiger partial charge on any atom is -0.448 e. The second-order valence-electron chi connectivity index (χ2n) is 6.64. The Morgan fingerprint density at radius 1 is 1.29 bits per heavy atom. The maximum absolute atomic E-state index is 12.8. The molecule has 1 aliphatic heterocycles. The van der Waals surface area contributed by atoms with E-state index in [1.165, 1.54) is 0 Å². The first kappa shape index (κ1) is 14.4. The summed E-state index contributed by atoms with van der Waals surface area (Å²) in [6.45, 7) is 5.75. The number of nitrogens with one attached hydrogen (secondary N) is 1.